The predicted octanol–water partition coefficient (Wildman–Crippen LogP) is 3.89. The van der Waals surface area contributed by atoms with Gasteiger partial charge in [0.05, 0.1) is 0 Å². The van der Waals surface area contributed by atoms with Gasteiger partial charge in [0.15, 0.2) is 0 Å². The third-order valence-electron chi connectivity index (χ3n) is 4.14. The molecule has 0 spiro atoms. The van der Waals surface area contributed by atoms with Crippen molar-refractivity contribution in [2.75, 3.05) is 6.54 Å². The van der Waals surface area contributed by atoms with E-state index in [4.69, 9.17) is 10.5 Å². The summed E-state index contributed by atoms with van der Waals surface area (Å²) >= 11 is 0. The van der Waals surface area contributed by atoms with Gasteiger partial charge in [-0.1, -0.05) is 24.3 Å². The topological polar surface area (TPSA) is 35.2 Å². The molecular weight excluding hydrogens is 265 g/mol. The van der Waals surface area contributed by atoms with Gasteiger partial charge in [-0.25, -0.2) is 4.39 Å². The zero-order valence-electron chi connectivity index (χ0n) is 12.2. The molecule has 0 radical (unpaired) electrons. The summed E-state index contributed by atoms with van der Waals surface area (Å²) in [7, 11) is 0. The van der Waals surface area contributed by atoms with Crippen LogP contribution >= 0.6 is 0 Å². The number of rotatable bonds is 2. The summed E-state index contributed by atoms with van der Waals surface area (Å²) in [4.78, 5) is 0. The van der Waals surface area contributed by atoms with E-state index >= 15 is 0 Å². The van der Waals surface area contributed by atoms with Crippen LogP contribution in [0.5, 0.6) is 0 Å². The minimum Gasteiger partial charge on any atom is -0.489 e. The molecule has 1 aromatic rings. The maximum atomic E-state index is 14.1. The molecule has 0 bridgehead atoms. The first-order chi connectivity index (χ1) is 10.2. The molecule has 2 N–H and O–H groups in total. The molecule has 0 amide bonds. The Hall–Kier alpha value is -1.87. The SMILES string of the molecule is Cc1ccccc1C1C=C(F)C=C2CC[C@H](CN)OC2=C1. The lowest BCUT2D eigenvalue weighted by Crippen LogP contribution is -2.27. The molecule has 0 aromatic heterocycles. The van der Waals surface area contributed by atoms with Crippen molar-refractivity contribution < 1.29 is 9.13 Å². The Bertz CT molecular complexity index is 630. The molecule has 3 heteroatoms. The highest BCUT2D eigenvalue weighted by molar-refractivity contribution is 5.44. The van der Waals surface area contributed by atoms with Crippen molar-refractivity contribution in [3.63, 3.8) is 0 Å². The van der Waals surface area contributed by atoms with Gasteiger partial charge in [0.2, 0.25) is 0 Å². The van der Waals surface area contributed by atoms with Crippen molar-refractivity contribution in [1.82, 2.24) is 0 Å². The normalized spacial score (nSPS) is 25.0. The van der Waals surface area contributed by atoms with E-state index < -0.39 is 0 Å². The lowest BCUT2D eigenvalue weighted by molar-refractivity contribution is 0.101. The quantitative estimate of drug-likeness (QED) is 0.894. The zero-order chi connectivity index (χ0) is 14.8. The van der Waals surface area contributed by atoms with Crippen molar-refractivity contribution >= 4 is 0 Å². The molecule has 1 unspecified atom stereocenters. The number of nitrogens with two attached hydrogens (primary N) is 1. The maximum Gasteiger partial charge on any atom is 0.120 e. The van der Waals surface area contributed by atoms with Gasteiger partial charge in [0.25, 0.3) is 0 Å². The number of benzene rings is 1. The monoisotopic (exact) mass is 285 g/mol. The van der Waals surface area contributed by atoms with Gasteiger partial charge < -0.3 is 10.5 Å². The molecule has 1 heterocycles. The Morgan fingerprint density at radius 3 is 2.86 bits per heavy atom. The Balaban J connectivity index is 1.99. The fourth-order valence-corrected chi connectivity index (χ4v) is 2.95. The van der Waals surface area contributed by atoms with Crippen LogP contribution in [0.3, 0.4) is 0 Å². The molecule has 3 rings (SSSR count). The minimum absolute atomic E-state index is 0.0343. The fraction of sp³-hybridized carbons (Fsp3) is 0.333. The number of hydrogen-bond acceptors (Lipinski definition) is 2. The van der Waals surface area contributed by atoms with Crippen molar-refractivity contribution in [3.05, 3.63) is 70.8 Å². The highest BCUT2D eigenvalue weighted by atomic mass is 19.1. The van der Waals surface area contributed by atoms with Gasteiger partial charge in [-0.05, 0) is 54.7 Å². The lowest BCUT2D eigenvalue weighted by Gasteiger charge is -2.27. The second-order valence-electron chi connectivity index (χ2n) is 5.65. The van der Waals surface area contributed by atoms with Crippen LogP contribution in [0.4, 0.5) is 4.39 Å². The molecule has 1 aliphatic heterocycles. The number of halogens is 1. The van der Waals surface area contributed by atoms with Crippen LogP contribution in [0.1, 0.15) is 29.9 Å². The molecular formula is C18H20FNO. The van der Waals surface area contributed by atoms with E-state index in [-0.39, 0.29) is 17.8 Å². The average molecular weight is 285 g/mol. The van der Waals surface area contributed by atoms with E-state index in [2.05, 4.69) is 0 Å². The molecule has 1 saturated heterocycles. The third-order valence-corrected chi connectivity index (χ3v) is 4.14. The smallest absolute Gasteiger partial charge is 0.120 e. The van der Waals surface area contributed by atoms with Crippen molar-refractivity contribution in [2.24, 2.45) is 5.73 Å². The van der Waals surface area contributed by atoms with Crippen LogP contribution in [0.25, 0.3) is 0 Å². The molecule has 2 atom stereocenters. The van der Waals surface area contributed by atoms with Crippen LogP contribution in [-0.4, -0.2) is 12.6 Å². The van der Waals surface area contributed by atoms with Gasteiger partial charge >= 0.3 is 0 Å². The van der Waals surface area contributed by atoms with Gasteiger partial charge in [-0.2, -0.15) is 0 Å². The average Bonchev–Trinajstić information content (AvgIpc) is 2.64. The first-order valence-electron chi connectivity index (χ1n) is 7.39. The van der Waals surface area contributed by atoms with E-state index in [0.717, 1.165) is 35.3 Å². The van der Waals surface area contributed by atoms with Crippen LogP contribution in [-0.2, 0) is 4.74 Å². The van der Waals surface area contributed by atoms with Crippen LogP contribution in [0.15, 0.2) is 59.7 Å². The standard InChI is InChI=1S/C18H20FNO/c1-12-4-2-3-5-17(12)14-9-15(19)8-13-6-7-16(11-20)21-18(13)10-14/h2-5,8-10,14,16H,6-7,11,20H2,1H3/t14?,16-/m1/s1. The van der Waals surface area contributed by atoms with Gasteiger partial charge in [0, 0.05) is 12.5 Å². The van der Waals surface area contributed by atoms with Crippen molar-refractivity contribution in [2.45, 2.75) is 31.8 Å². The number of aryl methyl sites for hydroxylation is 1. The molecule has 1 aliphatic carbocycles. The van der Waals surface area contributed by atoms with E-state index in [0.29, 0.717) is 6.54 Å². The van der Waals surface area contributed by atoms with E-state index in [1.807, 2.05) is 37.3 Å². The third kappa shape index (κ3) is 2.93. The highest BCUT2D eigenvalue weighted by Gasteiger charge is 2.25. The Morgan fingerprint density at radius 2 is 2.10 bits per heavy atom. The number of hydrogen-bond donors (Lipinski definition) is 1. The fourth-order valence-electron chi connectivity index (χ4n) is 2.95. The van der Waals surface area contributed by atoms with E-state index in [9.17, 15) is 4.39 Å². The Kier molecular flexibility index (Phi) is 3.93. The van der Waals surface area contributed by atoms with Crippen LogP contribution < -0.4 is 5.73 Å². The van der Waals surface area contributed by atoms with Gasteiger partial charge in [-0.15, -0.1) is 0 Å². The second kappa shape index (κ2) is 5.86. The summed E-state index contributed by atoms with van der Waals surface area (Å²) in [6.07, 6.45) is 6.96. The lowest BCUT2D eigenvalue weighted by atomic mass is 9.93. The molecule has 21 heavy (non-hydrogen) atoms. The van der Waals surface area contributed by atoms with Crippen LogP contribution in [0, 0.1) is 6.92 Å². The minimum atomic E-state index is -0.195. The summed E-state index contributed by atoms with van der Waals surface area (Å²) in [5, 5.41) is 0. The van der Waals surface area contributed by atoms with E-state index in [1.165, 1.54) is 0 Å². The van der Waals surface area contributed by atoms with Crippen molar-refractivity contribution in [1.29, 1.82) is 0 Å². The molecule has 2 aliphatic rings. The first kappa shape index (κ1) is 14.1. The van der Waals surface area contributed by atoms with Gasteiger partial charge in [0.1, 0.15) is 17.7 Å². The zero-order valence-corrected chi connectivity index (χ0v) is 12.2. The van der Waals surface area contributed by atoms with Crippen LogP contribution in [0.2, 0.25) is 0 Å². The highest BCUT2D eigenvalue weighted by Crippen LogP contribution is 2.36. The molecule has 2 nitrogen and oxygen atoms in total. The second-order valence-corrected chi connectivity index (χ2v) is 5.65. The molecule has 0 saturated carbocycles. The summed E-state index contributed by atoms with van der Waals surface area (Å²) in [5.41, 5.74) is 8.89. The summed E-state index contributed by atoms with van der Waals surface area (Å²) in [6.45, 7) is 2.54. The number of allylic oxidation sites excluding steroid dienone is 5. The summed E-state index contributed by atoms with van der Waals surface area (Å²) < 4.78 is 20.1. The maximum absolute atomic E-state index is 14.1. The van der Waals surface area contributed by atoms with E-state index in [1.54, 1.807) is 12.2 Å². The largest absolute Gasteiger partial charge is 0.489 e. The molecule has 1 fully saturated rings. The molecule has 110 valence electrons. The summed E-state index contributed by atoms with van der Waals surface area (Å²) in [5.74, 6) is 0.486. The predicted molar refractivity (Wildman–Crippen MR) is 82.4 cm³/mol. The molecule has 1 aromatic carbocycles. The van der Waals surface area contributed by atoms with Crippen molar-refractivity contribution in [3.8, 4) is 0 Å². The summed E-state index contributed by atoms with van der Waals surface area (Å²) in [6, 6.07) is 8.06. The number of ether oxygens (including phenoxy) is 1. The number of fused-ring (bicyclic) bond motifs is 1. The Labute approximate surface area is 124 Å². The van der Waals surface area contributed by atoms with Gasteiger partial charge in [-0.3, -0.25) is 0 Å². The first-order valence-corrected chi connectivity index (χ1v) is 7.39. The Morgan fingerprint density at radius 1 is 1.29 bits per heavy atom.